The van der Waals surface area contributed by atoms with E-state index in [2.05, 4.69) is 15.2 Å². The molecule has 0 unspecified atom stereocenters. The van der Waals surface area contributed by atoms with Gasteiger partial charge >= 0.3 is 6.18 Å². The minimum absolute atomic E-state index is 0.0634. The summed E-state index contributed by atoms with van der Waals surface area (Å²) in [5.74, 6) is 0.276. The number of aryl methyl sites for hydroxylation is 1. The minimum atomic E-state index is -4.56. The van der Waals surface area contributed by atoms with Crippen LogP contribution in [0.4, 0.5) is 13.2 Å². The second kappa shape index (κ2) is 5.30. The van der Waals surface area contributed by atoms with Gasteiger partial charge in [-0.05, 0) is 6.42 Å². The number of hydrogen-bond donors (Lipinski definition) is 0. The van der Waals surface area contributed by atoms with Crippen LogP contribution in [0, 0.1) is 0 Å². The van der Waals surface area contributed by atoms with E-state index in [1.165, 1.54) is 0 Å². The Morgan fingerprint density at radius 2 is 2.05 bits per heavy atom. The standard InChI is InChI=1S/C11H11F3N4O2S2/c12-11(13,14)10-15-4-7(21-10)5-22(19,20)6-9-17-16-8-2-1-3-18(8)9/h4H,1-3,5-6H2. The first-order chi connectivity index (χ1) is 10.2. The summed E-state index contributed by atoms with van der Waals surface area (Å²) in [5.41, 5.74) is 0. The van der Waals surface area contributed by atoms with E-state index >= 15 is 0 Å². The first kappa shape index (κ1) is 15.4. The summed E-state index contributed by atoms with van der Waals surface area (Å²) in [6, 6.07) is 0. The molecule has 0 N–H and O–H groups in total. The molecule has 0 aromatic carbocycles. The van der Waals surface area contributed by atoms with Crippen LogP contribution < -0.4 is 0 Å². The van der Waals surface area contributed by atoms with Gasteiger partial charge in [-0.25, -0.2) is 13.4 Å². The average Bonchev–Trinajstić information content (AvgIpc) is 3.05. The predicted octanol–water partition coefficient (Wildman–Crippen LogP) is 1.81. The van der Waals surface area contributed by atoms with Crippen molar-refractivity contribution in [3.63, 3.8) is 0 Å². The molecule has 0 saturated heterocycles. The van der Waals surface area contributed by atoms with Gasteiger partial charge in [-0.2, -0.15) is 13.2 Å². The molecule has 0 fully saturated rings. The summed E-state index contributed by atoms with van der Waals surface area (Å²) < 4.78 is 63.4. The van der Waals surface area contributed by atoms with Gasteiger partial charge in [0.05, 0.1) is 5.75 Å². The van der Waals surface area contributed by atoms with Crippen molar-refractivity contribution in [3.05, 3.63) is 27.7 Å². The van der Waals surface area contributed by atoms with E-state index in [0.717, 1.165) is 24.9 Å². The SMILES string of the molecule is O=S(=O)(Cc1cnc(C(F)(F)F)s1)Cc1nnc2n1CCC2. The molecule has 0 aliphatic carbocycles. The highest BCUT2D eigenvalue weighted by molar-refractivity contribution is 7.89. The van der Waals surface area contributed by atoms with Gasteiger partial charge in [0.25, 0.3) is 0 Å². The molecule has 0 amide bonds. The van der Waals surface area contributed by atoms with Crippen LogP contribution in [0.2, 0.25) is 0 Å². The number of halogens is 3. The first-order valence-electron chi connectivity index (χ1n) is 6.38. The summed E-state index contributed by atoms with van der Waals surface area (Å²) in [4.78, 5) is 3.29. The fraction of sp³-hybridized carbons (Fsp3) is 0.545. The van der Waals surface area contributed by atoms with Crippen LogP contribution in [0.5, 0.6) is 0 Å². The Hall–Kier alpha value is -1.49. The summed E-state index contributed by atoms with van der Waals surface area (Å²) in [6.07, 6.45) is -1.95. The molecular weight excluding hydrogens is 341 g/mol. The summed E-state index contributed by atoms with van der Waals surface area (Å²) in [5, 5.41) is 6.72. The normalized spacial score (nSPS) is 15.2. The Morgan fingerprint density at radius 1 is 1.27 bits per heavy atom. The third-order valence-corrected chi connectivity index (χ3v) is 5.87. The number of thiazole rings is 1. The zero-order chi connectivity index (χ0) is 16.0. The zero-order valence-electron chi connectivity index (χ0n) is 11.2. The van der Waals surface area contributed by atoms with Crippen molar-refractivity contribution in [1.29, 1.82) is 0 Å². The van der Waals surface area contributed by atoms with E-state index in [4.69, 9.17) is 0 Å². The Kier molecular flexibility index (Phi) is 3.71. The fourth-order valence-corrected chi connectivity index (χ4v) is 4.85. The van der Waals surface area contributed by atoms with Gasteiger partial charge in [-0.3, -0.25) is 0 Å². The lowest BCUT2D eigenvalue weighted by Gasteiger charge is -2.04. The summed E-state index contributed by atoms with van der Waals surface area (Å²) in [7, 11) is -3.63. The molecule has 11 heteroatoms. The van der Waals surface area contributed by atoms with Crippen molar-refractivity contribution < 1.29 is 21.6 Å². The second-order valence-electron chi connectivity index (χ2n) is 4.95. The number of nitrogens with zero attached hydrogens (tertiary/aromatic N) is 4. The number of rotatable bonds is 4. The van der Waals surface area contributed by atoms with Crippen LogP contribution in [0.1, 0.15) is 28.0 Å². The lowest BCUT2D eigenvalue weighted by molar-refractivity contribution is -0.137. The zero-order valence-corrected chi connectivity index (χ0v) is 12.8. The predicted molar refractivity (Wildman–Crippen MR) is 71.8 cm³/mol. The highest BCUT2D eigenvalue weighted by Gasteiger charge is 2.35. The van der Waals surface area contributed by atoms with Crippen LogP contribution in [-0.2, 0) is 40.5 Å². The number of aromatic nitrogens is 4. The lowest BCUT2D eigenvalue weighted by Crippen LogP contribution is -2.11. The van der Waals surface area contributed by atoms with Gasteiger partial charge in [0.1, 0.15) is 17.4 Å². The van der Waals surface area contributed by atoms with Crippen molar-refractivity contribution in [2.45, 2.75) is 37.1 Å². The molecule has 22 heavy (non-hydrogen) atoms. The molecule has 1 aliphatic heterocycles. The van der Waals surface area contributed by atoms with Gasteiger partial charge in [-0.15, -0.1) is 21.5 Å². The number of alkyl halides is 3. The lowest BCUT2D eigenvalue weighted by atomic mass is 10.4. The Morgan fingerprint density at radius 3 is 2.73 bits per heavy atom. The third kappa shape index (κ3) is 3.14. The smallest absolute Gasteiger partial charge is 0.314 e. The van der Waals surface area contributed by atoms with Gasteiger partial charge in [-0.1, -0.05) is 0 Å². The quantitative estimate of drug-likeness (QED) is 0.839. The van der Waals surface area contributed by atoms with E-state index in [-0.39, 0.29) is 10.6 Å². The third-order valence-electron chi connectivity index (χ3n) is 3.19. The monoisotopic (exact) mass is 352 g/mol. The van der Waals surface area contributed by atoms with Crippen LogP contribution in [0.15, 0.2) is 6.20 Å². The fourth-order valence-electron chi connectivity index (χ4n) is 2.29. The van der Waals surface area contributed by atoms with E-state index in [1.807, 2.05) is 0 Å². The highest BCUT2D eigenvalue weighted by atomic mass is 32.2. The first-order valence-corrected chi connectivity index (χ1v) is 9.02. The average molecular weight is 352 g/mol. The van der Waals surface area contributed by atoms with E-state index in [1.54, 1.807) is 4.57 Å². The van der Waals surface area contributed by atoms with Crippen LogP contribution >= 0.6 is 11.3 Å². The number of sulfone groups is 1. The van der Waals surface area contributed by atoms with E-state index in [0.29, 0.717) is 23.7 Å². The van der Waals surface area contributed by atoms with E-state index < -0.39 is 26.8 Å². The minimum Gasteiger partial charge on any atom is -0.314 e. The molecule has 0 atom stereocenters. The second-order valence-corrected chi connectivity index (χ2v) is 8.13. The van der Waals surface area contributed by atoms with Gasteiger partial charge < -0.3 is 4.57 Å². The molecule has 0 spiro atoms. The summed E-state index contributed by atoms with van der Waals surface area (Å²) >= 11 is 0.347. The van der Waals surface area contributed by atoms with Crippen molar-refractivity contribution in [3.8, 4) is 0 Å². The van der Waals surface area contributed by atoms with Crippen LogP contribution in [0.25, 0.3) is 0 Å². The molecule has 0 saturated carbocycles. The van der Waals surface area contributed by atoms with Crippen molar-refractivity contribution in [2.24, 2.45) is 0 Å². The molecule has 0 radical (unpaired) electrons. The Bertz CT molecular complexity index is 795. The number of hydrogen-bond acceptors (Lipinski definition) is 6. The summed E-state index contributed by atoms with van der Waals surface area (Å²) in [6.45, 7) is 0.673. The van der Waals surface area contributed by atoms with Gasteiger partial charge in [0.15, 0.2) is 14.8 Å². The van der Waals surface area contributed by atoms with Crippen molar-refractivity contribution in [2.75, 3.05) is 0 Å². The van der Waals surface area contributed by atoms with E-state index in [9.17, 15) is 21.6 Å². The maximum atomic E-state index is 12.5. The highest BCUT2D eigenvalue weighted by Crippen LogP contribution is 2.33. The topological polar surface area (TPSA) is 77.7 Å². The maximum Gasteiger partial charge on any atom is 0.443 e. The molecule has 0 bridgehead atoms. The molecule has 6 nitrogen and oxygen atoms in total. The molecule has 2 aromatic heterocycles. The Labute approximate surface area is 127 Å². The molecule has 1 aliphatic rings. The van der Waals surface area contributed by atoms with Crippen LogP contribution in [-0.4, -0.2) is 28.2 Å². The molecule has 3 rings (SSSR count). The molecule has 2 aromatic rings. The largest absolute Gasteiger partial charge is 0.443 e. The van der Waals surface area contributed by atoms with Crippen LogP contribution in [0.3, 0.4) is 0 Å². The van der Waals surface area contributed by atoms with Crippen molar-refractivity contribution in [1.82, 2.24) is 19.7 Å². The Balaban J connectivity index is 1.75. The van der Waals surface area contributed by atoms with Crippen molar-refractivity contribution >= 4 is 21.2 Å². The van der Waals surface area contributed by atoms with Gasteiger partial charge in [0, 0.05) is 24.0 Å². The maximum absolute atomic E-state index is 12.5. The molecule has 120 valence electrons. The number of fused-ring (bicyclic) bond motifs is 1. The van der Waals surface area contributed by atoms with Gasteiger partial charge in [0.2, 0.25) is 0 Å². The molecular formula is C11H11F3N4O2S2. The molecule has 3 heterocycles.